The lowest BCUT2D eigenvalue weighted by molar-refractivity contribution is -0.141. The van der Waals surface area contributed by atoms with Gasteiger partial charge in [0.25, 0.3) is 0 Å². The van der Waals surface area contributed by atoms with Gasteiger partial charge in [-0.2, -0.15) is 5.10 Å². The number of carbonyl (C=O) groups is 1. The van der Waals surface area contributed by atoms with E-state index in [1.54, 1.807) is 24.4 Å². The molecule has 0 amide bonds. The monoisotopic (exact) mass is 334 g/mol. The minimum Gasteiger partial charge on any atom is -0.468 e. The molecule has 0 saturated heterocycles. The van der Waals surface area contributed by atoms with E-state index in [0.717, 1.165) is 17.1 Å². The van der Waals surface area contributed by atoms with Crippen molar-refractivity contribution in [1.29, 1.82) is 0 Å². The molecule has 3 rings (SSSR count). The number of pyridine rings is 1. The summed E-state index contributed by atoms with van der Waals surface area (Å²) < 4.78 is 19.9. The van der Waals surface area contributed by atoms with Crippen molar-refractivity contribution >= 4 is 39.8 Å². The SMILES string of the molecule is COC(=O)Cn1ncc2cc(Nc3cc(Cl)ncc3F)ccc21. The Balaban J connectivity index is 1.89. The molecule has 3 aromatic rings. The number of hydrogen-bond acceptors (Lipinski definition) is 5. The van der Waals surface area contributed by atoms with Gasteiger partial charge in [0.05, 0.1) is 30.7 Å². The summed E-state index contributed by atoms with van der Waals surface area (Å²) in [6.45, 7) is 0.0291. The van der Waals surface area contributed by atoms with Crippen molar-refractivity contribution in [3.63, 3.8) is 0 Å². The number of rotatable bonds is 4. The van der Waals surface area contributed by atoms with E-state index < -0.39 is 5.82 Å². The molecule has 0 aliphatic heterocycles. The Morgan fingerprint density at radius 1 is 1.39 bits per heavy atom. The van der Waals surface area contributed by atoms with Crippen molar-refractivity contribution in [2.75, 3.05) is 12.4 Å². The molecule has 0 aliphatic carbocycles. The quantitative estimate of drug-likeness (QED) is 0.586. The third kappa shape index (κ3) is 3.24. The Morgan fingerprint density at radius 3 is 3.00 bits per heavy atom. The minimum atomic E-state index is -0.504. The molecule has 2 heterocycles. The summed E-state index contributed by atoms with van der Waals surface area (Å²) in [7, 11) is 1.32. The van der Waals surface area contributed by atoms with Gasteiger partial charge in [0.15, 0.2) is 5.82 Å². The van der Waals surface area contributed by atoms with E-state index in [9.17, 15) is 9.18 Å². The Hall–Kier alpha value is -2.67. The van der Waals surface area contributed by atoms with Crippen LogP contribution in [0.25, 0.3) is 10.9 Å². The number of fused-ring (bicyclic) bond motifs is 1. The van der Waals surface area contributed by atoms with Gasteiger partial charge in [-0.25, -0.2) is 9.37 Å². The van der Waals surface area contributed by atoms with Crippen molar-refractivity contribution < 1.29 is 13.9 Å². The smallest absolute Gasteiger partial charge is 0.327 e. The molecule has 118 valence electrons. The molecule has 6 nitrogen and oxygen atoms in total. The second kappa shape index (κ2) is 6.21. The third-order valence-electron chi connectivity index (χ3n) is 3.25. The lowest BCUT2D eigenvalue weighted by Crippen LogP contribution is -2.12. The predicted octanol–water partition coefficient (Wildman–Crippen LogP) is 3.14. The summed E-state index contributed by atoms with van der Waals surface area (Å²) in [4.78, 5) is 15.0. The van der Waals surface area contributed by atoms with Crippen LogP contribution in [0.5, 0.6) is 0 Å². The van der Waals surface area contributed by atoms with Crippen LogP contribution in [0.1, 0.15) is 0 Å². The Bertz CT molecular complexity index is 881. The molecule has 0 spiro atoms. The second-order valence-corrected chi connectivity index (χ2v) is 5.15. The van der Waals surface area contributed by atoms with Crippen LogP contribution in [0.4, 0.5) is 15.8 Å². The summed E-state index contributed by atoms with van der Waals surface area (Å²) in [5.41, 5.74) is 1.66. The maximum atomic E-state index is 13.7. The van der Waals surface area contributed by atoms with Crippen molar-refractivity contribution in [2.45, 2.75) is 6.54 Å². The molecular formula is C15H12ClFN4O2. The zero-order valence-electron chi connectivity index (χ0n) is 12.1. The van der Waals surface area contributed by atoms with E-state index in [2.05, 4.69) is 20.1 Å². The standard InChI is InChI=1S/C15H12ClFN4O2/c1-23-15(22)8-21-13-3-2-10(4-9(13)6-19-21)20-12-5-14(16)18-7-11(12)17/h2-7H,8H2,1H3,(H,18,20). The van der Waals surface area contributed by atoms with Crippen molar-refractivity contribution in [1.82, 2.24) is 14.8 Å². The number of benzene rings is 1. The molecule has 0 fully saturated rings. The average molecular weight is 335 g/mol. The van der Waals surface area contributed by atoms with Crippen LogP contribution in [0.15, 0.2) is 36.7 Å². The summed E-state index contributed by atoms with van der Waals surface area (Å²) in [6.07, 6.45) is 2.68. The molecule has 23 heavy (non-hydrogen) atoms. The first kappa shape index (κ1) is 15.2. The number of ether oxygens (including phenoxy) is 1. The molecule has 0 radical (unpaired) electrons. The lowest BCUT2D eigenvalue weighted by atomic mass is 10.2. The second-order valence-electron chi connectivity index (χ2n) is 4.76. The highest BCUT2D eigenvalue weighted by atomic mass is 35.5. The van der Waals surface area contributed by atoms with Gasteiger partial charge in [-0.15, -0.1) is 0 Å². The topological polar surface area (TPSA) is 69.0 Å². The van der Waals surface area contributed by atoms with Crippen LogP contribution < -0.4 is 5.32 Å². The van der Waals surface area contributed by atoms with E-state index in [1.165, 1.54) is 17.9 Å². The Morgan fingerprint density at radius 2 is 2.22 bits per heavy atom. The van der Waals surface area contributed by atoms with Gasteiger partial charge in [-0.1, -0.05) is 11.6 Å². The van der Waals surface area contributed by atoms with E-state index in [4.69, 9.17) is 11.6 Å². The van der Waals surface area contributed by atoms with Gasteiger partial charge >= 0.3 is 5.97 Å². The average Bonchev–Trinajstić information content (AvgIpc) is 2.93. The highest BCUT2D eigenvalue weighted by molar-refractivity contribution is 6.29. The van der Waals surface area contributed by atoms with Crippen molar-refractivity contribution in [3.05, 3.63) is 47.6 Å². The number of nitrogens with zero attached hydrogens (tertiary/aromatic N) is 3. The first-order valence-corrected chi connectivity index (χ1v) is 7.05. The molecule has 2 aromatic heterocycles. The molecule has 0 atom stereocenters. The van der Waals surface area contributed by atoms with Gasteiger partial charge in [0.2, 0.25) is 0 Å². The molecule has 1 N–H and O–H groups in total. The van der Waals surface area contributed by atoms with Gasteiger partial charge in [-0.05, 0) is 18.2 Å². The number of carbonyl (C=O) groups excluding carboxylic acids is 1. The Kier molecular flexibility index (Phi) is 4.12. The van der Waals surface area contributed by atoms with Crippen LogP contribution in [-0.2, 0) is 16.1 Å². The summed E-state index contributed by atoms with van der Waals surface area (Å²) in [5.74, 6) is -0.887. The van der Waals surface area contributed by atoms with Crippen LogP contribution in [0, 0.1) is 5.82 Å². The van der Waals surface area contributed by atoms with E-state index in [-0.39, 0.29) is 23.4 Å². The summed E-state index contributed by atoms with van der Waals surface area (Å²) in [5, 5.41) is 8.08. The molecule has 0 aliphatic rings. The predicted molar refractivity (Wildman–Crippen MR) is 84.2 cm³/mol. The number of anilines is 2. The van der Waals surface area contributed by atoms with E-state index in [1.807, 2.05) is 0 Å². The van der Waals surface area contributed by atoms with Gasteiger partial charge in [0.1, 0.15) is 11.7 Å². The fourth-order valence-corrected chi connectivity index (χ4v) is 2.30. The molecule has 0 bridgehead atoms. The van der Waals surface area contributed by atoms with Crippen LogP contribution >= 0.6 is 11.6 Å². The van der Waals surface area contributed by atoms with Crippen molar-refractivity contribution in [2.24, 2.45) is 0 Å². The Labute approximate surface area is 135 Å². The first-order valence-electron chi connectivity index (χ1n) is 6.67. The maximum Gasteiger partial charge on any atom is 0.327 e. The van der Waals surface area contributed by atoms with Crippen LogP contribution in [0.2, 0.25) is 5.15 Å². The zero-order chi connectivity index (χ0) is 16.4. The lowest BCUT2D eigenvalue weighted by Gasteiger charge is -2.08. The molecule has 0 unspecified atom stereocenters. The fourth-order valence-electron chi connectivity index (χ4n) is 2.14. The molecular weight excluding hydrogens is 323 g/mol. The molecule has 8 heteroatoms. The maximum absolute atomic E-state index is 13.7. The molecule has 1 aromatic carbocycles. The normalized spacial score (nSPS) is 10.7. The number of esters is 1. The highest BCUT2D eigenvalue weighted by Crippen LogP contribution is 2.25. The fraction of sp³-hybridized carbons (Fsp3) is 0.133. The summed E-state index contributed by atoms with van der Waals surface area (Å²) >= 11 is 5.77. The van der Waals surface area contributed by atoms with E-state index >= 15 is 0 Å². The largest absolute Gasteiger partial charge is 0.468 e. The number of methoxy groups -OCH3 is 1. The first-order chi connectivity index (χ1) is 11.1. The van der Waals surface area contributed by atoms with Crippen LogP contribution in [-0.4, -0.2) is 27.8 Å². The van der Waals surface area contributed by atoms with Gasteiger partial charge in [0, 0.05) is 17.1 Å². The third-order valence-corrected chi connectivity index (χ3v) is 3.46. The summed E-state index contributed by atoms with van der Waals surface area (Å²) in [6, 6.07) is 6.74. The van der Waals surface area contributed by atoms with Gasteiger partial charge < -0.3 is 10.1 Å². The number of nitrogens with one attached hydrogen (secondary N) is 1. The highest BCUT2D eigenvalue weighted by Gasteiger charge is 2.09. The number of hydrogen-bond donors (Lipinski definition) is 1. The van der Waals surface area contributed by atoms with E-state index in [0.29, 0.717) is 5.69 Å². The van der Waals surface area contributed by atoms with Gasteiger partial charge in [-0.3, -0.25) is 9.48 Å². The number of halogens is 2. The molecule has 0 saturated carbocycles. The zero-order valence-corrected chi connectivity index (χ0v) is 12.8. The number of aromatic nitrogens is 3. The van der Waals surface area contributed by atoms with Crippen LogP contribution in [0.3, 0.4) is 0 Å². The van der Waals surface area contributed by atoms with Crippen molar-refractivity contribution in [3.8, 4) is 0 Å². The minimum absolute atomic E-state index is 0.0291.